The van der Waals surface area contributed by atoms with Gasteiger partial charge < -0.3 is 0 Å². The number of benzene rings is 7. The molecule has 3 heterocycles. The van der Waals surface area contributed by atoms with Gasteiger partial charge in [0.05, 0.1) is 33.4 Å². The van der Waals surface area contributed by atoms with Gasteiger partial charge in [-0.3, -0.25) is 9.97 Å². The summed E-state index contributed by atoms with van der Waals surface area (Å²) >= 11 is 0. The van der Waals surface area contributed by atoms with Gasteiger partial charge in [0.25, 0.3) is 0 Å². The molecule has 0 bridgehead atoms. The van der Waals surface area contributed by atoms with Gasteiger partial charge in [-0.25, -0.2) is 9.97 Å². The van der Waals surface area contributed by atoms with E-state index in [1.807, 2.05) is 36.7 Å². The van der Waals surface area contributed by atoms with E-state index >= 15 is 0 Å². The van der Waals surface area contributed by atoms with E-state index in [-0.39, 0.29) is 0 Å². The lowest BCUT2D eigenvalue weighted by molar-refractivity contribution is 0.619. The van der Waals surface area contributed by atoms with E-state index in [2.05, 4.69) is 197 Å². The number of pyridine rings is 2. The summed E-state index contributed by atoms with van der Waals surface area (Å²) < 4.78 is 0. The van der Waals surface area contributed by atoms with Crippen molar-refractivity contribution in [2.45, 2.75) is 31.6 Å². The summed E-state index contributed by atoms with van der Waals surface area (Å²) in [7, 11) is 0. The molecule has 4 nitrogen and oxygen atoms in total. The van der Waals surface area contributed by atoms with Crippen molar-refractivity contribution in [3.05, 3.63) is 252 Å². The summed E-state index contributed by atoms with van der Waals surface area (Å²) in [5, 5.41) is 3.27. The first-order valence-electron chi connectivity index (χ1n) is 20.9. The third kappa shape index (κ3) is 6.86. The van der Waals surface area contributed by atoms with Gasteiger partial charge in [0.1, 0.15) is 5.82 Å². The van der Waals surface area contributed by atoms with Gasteiger partial charge in [0.2, 0.25) is 0 Å². The van der Waals surface area contributed by atoms with Crippen molar-refractivity contribution in [2.24, 2.45) is 0 Å². The standard InChI is InChI=1S/C57H44N4/c1-39-33-46(54-50-37-44-19-10-11-20-45(44)38-51(50)60-55(61-54)57(3,47-22-8-5-9-23-47)53-26-13-15-32-59-53)36-49(34-39)56(2,52-25-12-14-31-58-52)48-24-16-21-43(35-48)42-29-27-41(28-30-42)40-17-6-4-7-18-40/h4-38H,1-3H3. The molecule has 0 saturated carbocycles. The minimum absolute atomic E-state index is 0.618. The summed E-state index contributed by atoms with van der Waals surface area (Å²) in [6, 6.07) is 70.9. The molecule has 10 aromatic rings. The molecular weight excluding hydrogens is 741 g/mol. The van der Waals surface area contributed by atoms with Crippen LogP contribution in [0.1, 0.15) is 53.3 Å². The predicted molar refractivity (Wildman–Crippen MR) is 251 cm³/mol. The zero-order chi connectivity index (χ0) is 41.4. The highest BCUT2D eigenvalue weighted by Gasteiger charge is 2.37. The second-order valence-corrected chi connectivity index (χ2v) is 16.3. The lowest BCUT2D eigenvalue weighted by Gasteiger charge is -2.32. The Morgan fingerprint density at radius 3 is 1.59 bits per heavy atom. The minimum Gasteiger partial charge on any atom is -0.260 e. The Morgan fingerprint density at radius 2 is 0.918 bits per heavy atom. The first-order valence-corrected chi connectivity index (χ1v) is 20.9. The van der Waals surface area contributed by atoms with Crippen LogP contribution in [0, 0.1) is 6.92 Å². The molecule has 0 N–H and O–H groups in total. The van der Waals surface area contributed by atoms with Crippen LogP contribution in [0.3, 0.4) is 0 Å². The Labute approximate surface area is 357 Å². The van der Waals surface area contributed by atoms with Gasteiger partial charge >= 0.3 is 0 Å². The van der Waals surface area contributed by atoms with Crippen LogP contribution >= 0.6 is 0 Å². The summed E-state index contributed by atoms with van der Waals surface area (Å²) in [6.45, 7) is 6.67. The van der Waals surface area contributed by atoms with Crippen molar-refractivity contribution in [3.8, 4) is 33.5 Å². The molecule has 0 fully saturated rings. The fourth-order valence-electron chi connectivity index (χ4n) is 8.91. The molecule has 0 radical (unpaired) electrons. The van der Waals surface area contributed by atoms with Crippen LogP contribution in [-0.2, 0) is 10.8 Å². The quantitative estimate of drug-likeness (QED) is 0.137. The molecule has 292 valence electrons. The van der Waals surface area contributed by atoms with Crippen LogP contribution in [0.15, 0.2) is 213 Å². The zero-order valence-corrected chi connectivity index (χ0v) is 34.5. The number of nitrogens with zero attached hydrogens (tertiary/aromatic N) is 4. The number of aryl methyl sites for hydroxylation is 1. The first-order chi connectivity index (χ1) is 29.9. The smallest absolute Gasteiger partial charge is 0.145 e. The molecule has 7 aromatic carbocycles. The third-order valence-electron chi connectivity index (χ3n) is 12.4. The number of hydrogen-bond donors (Lipinski definition) is 0. The van der Waals surface area contributed by atoms with Crippen molar-refractivity contribution >= 4 is 21.7 Å². The van der Waals surface area contributed by atoms with Crippen LogP contribution in [-0.4, -0.2) is 19.9 Å². The molecule has 0 aliphatic heterocycles. The molecule has 10 rings (SSSR count). The van der Waals surface area contributed by atoms with E-state index in [9.17, 15) is 0 Å². The molecule has 0 aliphatic rings. The van der Waals surface area contributed by atoms with E-state index in [4.69, 9.17) is 19.9 Å². The van der Waals surface area contributed by atoms with Gasteiger partial charge in [0, 0.05) is 23.3 Å². The Balaban J connectivity index is 1.18. The molecule has 2 atom stereocenters. The Kier molecular flexibility index (Phi) is 9.61. The topological polar surface area (TPSA) is 51.6 Å². The highest BCUT2D eigenvalue weighted by atomic mass is 14.9. The van der Waals surface area contributed by atoms with Crippen molar-refractivity contribution in [1.82, 2.24) is 19.9 Å². The highest BCUT2D eigenvalue weighted by Crippen LogP contribution is 2.43. The van der Waals surface area contributed by atoms with Crippen molar-refractivity contribution < 1.29 is 0 Å². The van der Waals surface area contributed by atoms with E-state index < -0.39 is 10.8 Å². The van der Waals surface area contributed by atoms with Gasteiger partial charge in [0.15, 0.2) is 0 Å². The number of fused-ring (bicyclic) bond motifs is 2. The monoisotopic (exact) mass is 784 g/mol. The van der Waals surface area contributed by atoms with Gasteiger partial charge in [-0.2, -0.15) is 0 Å². The lowest BCUT2D eigenvalue weighted by Crippen LogP contribution is -2.29. The van der Waals surface area contributed by atoms with E-state index in [0.717, 1.165) is 77.7 Å². The molecule has 4 heteroatoms. The van der Waals surface area contributed by atoms with Crippen molar-refractivity contribution in [2.75, 3.05) is 0 Å². The van der Waals surface area contributed by atoms with E-state index in [0.29, 0.717) is 5.82 Å². The number of rotatable bonds is 9. The van der Waals surface area contributed by atoms with Gasteiger partial charge in [-0.05, 0) is 125 Å². The SMILES string of the molecule is Cc1cc(-c2nc(C(C)(c3ccccc3)c3ccccn3)nc3cc4ccccc4cc23)cc(C(C)(c2cccc(-c3ccc(-c4ccccc4)cc3)c2)c2ccccn2)c1. The van der Waals surface area contributed by atoms with Gasteiger partial charge in [-0.15, -0.1) is 0 Å². The first kappa shape index (κ1) is 37.7. The maximum absolute atomic E-state index is 5.63. The summed E-state index contributed by atoms with van der Waals surface area (Å²) in [5.74, 6) is 0.691. The van der Waals surface area contributed by atoms with Crippen LogP contribution in [0.25, 0.3) is 55.2 Å². The van der Waals surface area contributed by atoms with Crippen molar-refractivity contribution in [1.29, 1.82) is 0 Å². The maximum Gasteiger partial charge on any atom is 0.145 e. The normalized spacial score (nSPS) is 13.4. The minimum atomic E-state index is -0.744. The number of aromatic nitrogens is 4. The predicted octanol–water partition coefficient (Wildman–Crippen LogP) is 13.6. The summed E-state index contributed by atoms with van der Waals surface area (Å²) in [6.07, 6.45) is 3.75. The molecular formula is C57H44N4. The van der Waals surface area contributed by atoms with Crippen molar-refractivity contribution in [3.63, 3.8) is 0 Å². The van der Waals surface area contributed by atoms with Crippen LogP contribution in [0.2, 0.25) is 0 Å². The molecule has 3 aromatic heterocycles. The van der Waals surface area contributed by atoms with E-state index in [1.165, 1.54) is 11.1 Å². The Morgan fingerprint density at radius 1 is 0.377 bits per heavy atom. The van der Waals surface area contributed by atoms with Gasteiger partial charge in [-0.1, -0.05) is 151 Å². The molecule has 2 unspecified atom stereocenters. The fraction of sp³-hybridized carbons (Fsp3) is 0.0877. The number of hydrogen-bond acceptors (Lipinski definition) is 4. The largest absolute Gasteiger partial charge is 0.260 e. The van der Waals surface area contributed by atoms with Crippen LogP contribution in [0.4, 0.5) is 0 Å². The molecule has 61 heavy (non-hydrogen) atoms. The highest BCUT2D eigenvalue weighted by molar-refractivity contribution is 6.02. The average Bonchev–Trinajstić information content (AvgIpc) is 3.33. The van der Waals surface area contributed by atoms with Crippen LogP contribution < -0.4 is 0 Å². The summed E-state index contributed by atoms with van der Waals surface area (Å²) in [5.41, 5.74) is 12.5. The lowest BCUT2D eigenvalue weighted by atomic mass is 9.72. The Hall–Kier alpha value is -7.56. The molecule has 0 aliphatic carbocycles. The zero-order valence-electron chi connectivity index (χ0n) is 34.5. The van der Waals surface area contributed by atoms with E-state index in [1.54, 1.807) is 0 Å². The third-order valence-corrected chi connectivity index (χ3v) is 12.4. The summed E-state index contributed by atoms with van der Waals surface area (Å²) in [4.78, 5) is 21.0. The maximum atomic E-state index is 5.63. The molecule has 0 saturated heterocycles. The molecule has 0 amide bonds. The molecule has 0 spiro atoms. The second kappa shape index (κ2) is 15.6. The fourth-order valence-corrected chi connectivity index (χ4v) is 8.91. The second-order valence-electron chi connectivity index (χ2n) is 16.3. The van der Waals surface area contributed by atoms with Crippen LogP contribution in [0.5, 0.6) is 0 Å². The Bertz CT molecular complexity index is 3110. The average molecular weight is 785 g/mol.